The Morgan fingerprint density at radius 1 is 0.889 bits per heavy atom. The van der Waals surface area contributed by atoms with Crippen LogP contribution in [0, 0.1) is 0 Å². The Morgan fingerprint density at radius 2 is 1.63 bits per heavy atom. The normalized spacial score (nSPS) is 11.3. The second-order valence-electron chi connectivity index (χ2n) is 6.20. The quantitative estimate of drug-likeness (QED) is 0.331. The van der Waals surface area contributed by atoms with Crippen molar-refractivity contribution in [1.82, 2.24) is 4.98 Å². The van der Waals surface area contributed by atoms with Gasteiger partial charge in [-0.2, -0.15) is 0 Å². The molecule has 2 aromatic heterocycles. The highest BCUT2D eigenvalue weighted by Crippen LogP contribution is 2.34. The Morgan fingerprint density at radius 3 is 2.44 bits per heavy atom. The van der Waals surface area contributed by atoms with Crippen LogP contribution in [0.15, 0.2) is 81.3 Å². The molecule has 0 saturated carbocycles. The standard InChI is InChI=1S/C22H13NO3S/c24-19-11-20-16(14-8-4-5-9-15(14)19)10-17(22(25)26-20)21-23-18(12-27-21)13-6-2-1-3-7-13/h1-12,24H. The van der Waals surface area contributed by atoms with Gasteiger partial charge in [0.25, 0.3) is 0 Å². The number of thiazole rings is 1. The van der Waals surface area contributed by atoms with E-state index in [1.807, 2.05) is 60.0 Å². The maximum absolute atomic E-state index is 12.5. The Kier molecular flexibility index (Phi) is 3.55. The summed E-state index contributed by atoms with van der Waals surface area (Å²) in [4.78, 5) is 17.2. The molecule has 0 atom stereocenters. The van der Waals surface area contributed by atoms with Gasteiger partial charge in [0.1, 0.15) is 16.3 Å². The molecule has 0 aliphatic rings. The lowest BCUT2D eigenvalue weighted by atomic mass is 10.0. The lowest BCUT2D eigenvalue weighted by molar-refractivity contribution is 0.479. The maximum atomic E-state index is 12.5. The highest BCUT2D eigenvalue weighted by atomic mass is 32.1. The second kappa shape index (κ2) is 6.07. The van der Waals surface area contributed by atoms with Gasteiger partial charge in [0.15, 0.2) is 0 Å². The summed E-state index contributed by atoms with van der Waals surface area (Å²) in [5.41, 5.74) is 2.14. The van der Waals surface area contributed by atoms with Crippen molar-refractivity contribution in [2.75, 3.05) is 0 Å². The summed E-state index contributed by atoms with van der Waals surface area (Å²) >= 11 is 1.41. The molecule has 1 N–H and O–H groups in total. The third kappa shape index (κ3) is 2.60. The van der Waals surface area contributed by atoms with Crippen LogP contribution < -0.4 is 5.63 Å². The Bertz CT molecular complexity index is 1350. The third-order valence-corrected chi connectivity index (χ3v) is 5.42. The monoisotopic (exact) mass is 371 g/mol. The fourth-order valence-electron chi connectivity index (χ4n) is 3.23. The van der Waals surface area contributed by atoms with E-state index in [9.17, 15) is 9.90 Å². The zero-order valence-corrected chi connectivity index (χ0v) is 14.9. The third-order valence-electron chi connectivity index (χ3n) is 4.54. The zero-order valence-electron chi connectivity index (χ0n) is 14.0. The lowest BCUT2D eigenvalue weighted by Gasteiger charge is -2.06. The predicted molar refractivity (Wildman–Crippen MR) is 108 cm³/mol. The van der Waals surface area contributed by atoms with E-state index in [2.05, 4.69) is 4.98 Å². The summed E-state index contributed by atoms with van der Waals surface area (Å²) in [7, 11) is 0. The van der Waals surface area contributed by atoms with Crippen molar-refractivity contribution < 1.29 is 9.52 Å². The number of aromatic hydroxyl groups is 1. The van der Waals surface area contributed by atoms with Crippen molar-refractivity contribution in [2.45, 2.75) is 0 Å². The van der Waals surface area contributed by atoms with Crippen LogP contribution in [0.2, 0.25) is 0 Å². The van der Waals surface area contributed by atoms with Crippen LogP contribution in [0.1, 0.15) is 0 Å². The molecule has 3 aromatic carbocycles. The molecule has 0 unspecified atom stereocenters. The van der Waals surface area contributed by atoms with Gasteiger partial charge < -0.3 is 9.52 Å². The van der Waals surface area contributed by atoms with E-state index < -0.39 is 5.63 Å². The molecular formula is C22H13NO3S. The van der Waals surface area contributed by atoms with Crippen molar-refractivity contribution in [3.8, 4) is 27.6 Å². The summed E-state index contributed by atoms with van der Waals surface area (Å²) < 4.78 is 5.50. The summed E-state index contributed by atoms with van der Waals surface area (Å²) in [5.74, 6) is 0.0922. The van der Waals surface area contributed by atoms with Crippen LogP contribution in [-0.2, 0) is 0 Å². The molecule has 4 nitrogen and oxygen atoms in total. The lowest BCUT2D eigenvalue weighted by Crippen LogP contribution is -2.02. The predicted octanol–water partition coefficient (Wildman–Crippen LogP) is 5.44. The number of hydrogen-bond donors (Lipinski definition) is 1. The number of fused-ring (bicyclic) bond motifs is 3. The van der Waals surface area contributed by atoms with Gasteiger partial charge in [0.05, 0.1) is 11.3 Å². The molecule has 2 heterocycles. The van der Waals surface area contributed by atoms with Gasteiger partial charge >= 0.3 is 5.63 Å². The Labute approximate surface area is 158 Å². The summed E-state index contributed by atoms with van der Waals surface area (Å²) in [6.45, 7) is 0. The second-order valence-corrected chi connectivity index (χ2v) is 7.06. The largest absolute Gasteiger partial charge is 0.507 e. The maximum Gasteiger partial charge on any atom is 0.346 e. The first kappa shape index (κ1) is 15.8. The van der Waals surface area contributed by atoms with Gasteiger partial charge in [-0.05, 0) is 11.5 Å². The van der Waals surface area contributed by atoms with Gasteiger partial charge in [-0.3, -0.25) is 0 Å². The molecule has 5 aromatic rings. The highest BCUT2D eigenvalue weighted by molar-refractivity contribution is 7.13. The van der Waals surface area contributed by atoms with Crippen LogP contribution in [0.5, 0.6) is 5.75 Å². The number of aromatic nitrogens is 1. The minimum atomic E-state index is -0.467. The molecule has 0 saturated heterocycles. The number of phenolic OH excluding ortho intramolecular Hbond substituents is 1. The van der Waals surface area contributed by atoms with Crippen molar-refractivity contribution in [3.05, 3.63) is 82.5 Å². The smallest absolute Gasteiger partial charge is 0.346 e. The van der Waals surface area contributed by atoms with Crippen LogP contribution in [0.3, 0.4) is 0 Å². The van der Waals surface area contributed by atoms with Crippen LogP contribution in [0.25, 0.3) is 43.6 Å². The first-order valence-electron chi connectivity index (χ1n) is 8.40. The number of phenols is 1. The van der Waals surface area contributed by atoms with E-state index in [1.165, 1.54) is 17.4 Å². The minimum Gasteiger partial charge on any atom is -0.507 e. The molecule has 0 spiro atoms. The van der Waals surface area contributed by atoms with Crippen molar-refractivity contribution in [2.24, 2.45) is 0 Å². The van der Waals surface area contributed by atoms with Crippen molar-refractivity contribution in [3.63, 3.8) is 0 Å². The Balaban J connectivity index is 1.74. The van der Waals surface area contributed by atoms with E-state index in [4.69, 9.17) is 4.42 Å². The van der Waals surface area contributed by atoms with Gasteiger partial charge in [-0.25, -0.2) is 9.78 Å². The fourth-order valence-corrected chi connectivity index (χ4v) is 4.07. The average molecular weight is 371 g/mol. The summed E-state index contributed by atoms with van der Waals surface area (Å²) in [6, 6.07) is 20.6. The van der Waals surface area contributed by atoms with Crippen molar-refractivity contribution >= 4 is 33.1 Å². The molecule has 0 radical (unpaired) electrons. The molecule has 0 fully saturated rings. The van der Waals surface area contributed by atoms with E-state index in [-0.39, 0.29) is 5.75 Å². The number of nitrogens with zero attached hydrogens (tertiary/aromatic N) is 1. The van der Waals surface area contributed by atoms with Crippen LogP contribution in [0.4, 0.5) is 0 Å². The van der Waals surface area contributed by atoms with Gasteiger partial charge in [-0.15, -0.1) is 11.3 Å². The summed E-state index contributed by atoms with van der Waals surface area (Å²) in [5, 5.41) is 15.1. The van der Waals surface area contributed by atoms with Crippen molar-refractivity contribution in [1.29, 1.82) is 0 Å². The average Bonchev–Trinajstić information content (AvgIpc) is 3.18. The fraction of sp³-hybridized carbons (Fsp3) is 0. The SMILES string of the molecule is O=c1oc2cc(O)c3ccccc3c2cc1-c1nc(-c2ccccc2)cs1. The van der Waals surface area contributed by atoms with E-state index >= 15 is 0 Å². The Hall–Kier alpha value is -3.44. The molecular weight excluding hydrogens is 358 g/mol. The van der Waals surface area contributed by atoms with Gasteiger partial charge in [-0.1, -0.05) is 54.6 Å². The minimum absolute atomic E-state index is 0.0922. The zero-order chi connectivity index (χ0) is 18.4. The van der Waals surface area contributed by atoms with Crippen LogP contribution in [-0.4, -0.2) is 10.1 Å². The number of rotatable bonds is 2. The molecule has 130 valence electrons. The first-order valence-corrected chi connectivity index (χ1v) is 9.28. The van der Waals surface area contributed by atoms with Crippen LogP contribution >= 0.6 is 11.3 Å². The van der Waals surface area contributed by atoms with E-state index in [0.29, 0.717) is 21.5 Å². The number of benzene rings is 3. The number of hydrogen-bond acceptors (Lipinski definition) is 5. The summed E-state index contributed by atoms with van der Waals surface area (Å²) in [6.07, 6.45) is 0. The van der Waals surface area contributed by atoms with E-state index in [0.717, 1.165) is 22.0 Å². The first-order chi connectivity index (χ1) is 13.2. The highest BCUT2D eigenvalue weighted by Gasteiger charge is 2.15. The van der Waals surface area contributed by atoms with E-state index in [1.54, 1.807) is 6.07 Å². The molecule has 5 rings (SSSR count). The molecule has 0 bridgehead atoms. The topological polar surface area (TPSA) is 63.3 Å². The van der Waals surface area contributed by atoms with Gasteiger partial charge in [0.2, 0.25) is 0 Å². The molecule has 0 amide bonds. The molecule has 5 heteroatoms. The molecule has 0 aliphatic carbocycles. The molecule has 0 aliphatic heterocycles. The molecule has 27 heavy (non-hydrogen) atoms. The van der Waals surface area contributed by atoms with Gasteiger partial charge in [0, 0.05) is 27.8 Å².